The van der Waals surface area contributed by atoms with Gasteiger partial charge in [-0.15, -0.1) is 10.2 Å². The highest BCUT2D eigenvalue weighted by Gasteiger charge is 2.37. The van der Waals surface area contributed by atoms with Gasteiger partial charge in [-0.1, -0.05) is 5.21 Å². The summed E-state index contributed by atoms with van der Waals surface area (Å²) < 4.78 is 46.2. The van der Waals surface area contributed by atoms with E-state index in [2.05, 4.69) is 20.4 Å². The van der Waals surface area contributed by atoms with Gasteiger partial charge >= 0.3 is 12.1 Å². The number of alkyl halides is 3. The number of aliphatic carboxylic acids is 1. The molecular formula is C13H11F3N6O3. The smallest absolute Gasteiger partial charge is 0.423 e. The van der Waals surface area contributed by atoms with Gasteiger partial charge in [-0.2, -0.15) is 13.2 Å². The molecule has 3 aromatic heterocycles. The Morgan fingerprint density at radius 1 is 1.40 bits per heavy atom. The number of carbonyl (C=O) groups is 1. The third-order valence-corrected chi connectivity index (χ3v) is 3.34. The molecule has 0 bridgehead atoms. The fraction of sp³-hybridized carbons (Fsp3) is 0.308. The zero-order chi connectivity index (χ0) is 18.4. The molecule has 12 heteroatoms. The Labute approximate surface area is 137 Å². The first-order valence-electron chi connectivity index (χ1n) is 6.89. The second-order valence-corrected chi connectivity index (χ2v) is 5.18. The number of pyridine rings is 1. The lowest BCUT2D eigenvalue weighted by atomic mass is 10.3. The Morgan fingerprint density at radius 3 is 2.76 bits per heavy atom. The standard InChI is InChI=1S/C13H11F3N6O3/c1-6(12(23)24)22-9-3-7(4-17-10(9)18-20-22)25-11-8(13(14,15)16)5-21(2)19-11/h3-6H,1-2H3,(H,23,24). The largest absolute Gasteiger partial charge is 0.480 e. The maximum absolute atomic E-state index is 13.0. The summed E-state index contributed by atoms with van der Waals surface area (Å²) in [6, 6.07) is 0.263. The van der Waals surface area contributed by atoms with Crippen molar-refractivity contribution in [2.45, 2.75) is 19.1 Å². The normalized spacial score (nSPS) is 13.2. The van der Waals surface area contributed by atoms with E-state index in [9.17, 15) is 18.0 Å². The predicted molar refractivity (Wildman–Crippen MR) is 76.0 cm³/mol. The maximum atomic E-state index is 13.0. The number of hydrogen-bond donors (Lipinski definition) is 1. The number of rotatable bonds is 4. The minimum absolute atomic E-state index is 0.0576. The number of carboxylic acids is 1. The molecule has 0 spiro atoms. The van der Waals surface area contributed by atoms with E-state index in [1.54, 1.807) is 0 Å². The summed E-state index contributed by atoms with van der Waals surface area (Å²) in [5.41, 5.74) is -0.699. The van der Waals surface area contributed by atoms with E-state index >= 15 is 0 Å². The average Bonchev–Trinajstić information content (AvgIpc) is 3.09. The molecule has 1 N–H and O–H groups in total. The Hall–Kier alpha value is -3.18. The summed E-state index contributed by atoms with van der Waals surface area (Å²) in [6.45, 7) is 1.38. The van der Waals surface area contributed by atoms with Gasteiger partial charge in [0.05, 0.1) is 6.20 Å². The van der Waals surface area contributed by atoms with Gasteiger partial charge in [0, 0.05) is 19.3 Å². The topological polar surface area (TPSA) is 108 Å². The van der Waals surface area contributed by atoms with Crippen molar-refractivity contribution in [3.63, 3.8) is 0 Å². The van der Waals surface area contributed by atoms with Gasteiger partial charge < -0.3 is 9.84 Å². The minimum Gasteiger partial charge on any atom is -0.480 e. The van der Waals surface area contributed by atoms with Crippen LogP contribution in [0, 0.1) is 0 Å². The lowest BCUT2D eigenvalue weighted by Crippen LogP contribution is -2.16. The van der Waals surface area contributed by atoms with Gasteiger partial charge in [-0.25, -0.2) is 14.5 Å². The predicted octanol–water partition coefficient (Wildman–Crippen LogP) is 2.02. The van der Waals surface area contributed by atoms with Crippen LogP contribution in [-0.4, -0.2) is 40.8 Å². The molecule has 9 nitrogen and oxygen atoms in total. The van der Waals surface area contributed by atoms with Crippen molar-refractivity contribution >= 4 is 17.1 Å². The van der Waals surface area contributed by atoms with E-state index in [0.717, 1.165) is 21.8 Å². The number of halogens is 3. The van der Waals surface area contributed by atoms with Crippen LogP contribution in [0.1, 0.15) is 18.5 Å². The monoisotopic (exact) mass is 356 g/mol. The van der Waals surface area contributed by atoms with Crippen LogP contribution in [0.4, 0.5) is 13.2 Å². The number of hydrogen-bond acceptors (Lipinski definition) is 6. The summed E-state index contributed by atoms with van der Waals surface area (Å²) in [5, 5.41) is 20.1. The first kappa shape index (κ1) is 16.7. The Bertz CT molecular complexity index is 948. The number of ether oxygens (including phenoxy) is 1. The summed E-state index contributed by atoms with van der Waals surface area (Å²) >= 11 is 0. The number of carboxylic acid groups (broad SMARTS) is 1. The summed E-state index contributed by atoms with van der Waals surface area (Å²) in [5.74, 6) is -1.85. The third-order valence-electron chi connectivity index (χ3n) is 3.34. The van der Waals surface area contributed by atoms with Gasteiger partial charge in [-0.3, -0.25) is 4.68 Å². The lowest BCUT2D eigenvalue weighted by Gasteiger charge is -2.09. The van der Waals surface area contributed by atoms with Gasteiger partial charge in [0.15, 0.2) is 0 Å². The highest BCUT2D eigenvalue weighted by atomic mass is 19.4. The molecule has 3 aromatic rings. The second-order valence-electron chi connectivity index (χ2n) is 5.18. The van der Waals surface area contributed by atoms with Crippen molar-refractivity contribution in [2.24, 2.45) is 7.05 Å². The van der Waals surface area contributed by atoms with E-state index in [1.807, 2.05) is 0 Å². The van der Waals surface area contributed by atoms with Crippen LogP contribution in [0.2, 0.25) is 0 Å². The zero-order valence-electron chi connectivity index (χ0n) is 12.9. The molecule has 0 aliphatic carbocycles. The molecule has 0 aliphatic rings. The summed E-state index contributed by atoms with van der Waals surface area (Å²) in [7, 11) is 1.33. The van der Waals surface area contributed by atoms with Crippen LogP contribution >= 0.6 is 0 Å². The van der Waals surface area contributed by atoms with Gasteiger partial charge in [0.1, 0.15) is 22.9 Å². The molecule has 0 aliphatic heterocycles. The van der Waals surface area contributed by atoms with Gasteiger partial charge in [0.2, 0.25) is 5.65 Å². The van der Waals surface area contributed by atoms with Crippen molar-refractivity contribution in [1.82, 2.24) is 29.8 Å². The van der Waals surface area contributed by atoms with Crippen molar-refractivity contribution in [3.8, 4) is 11.6 Å². The highest BCUT2D eigenvalue weighted by Crippen LogP contribution is 2.37. The SMILES string of the molecule is CC(C(=O)O)n1nnc2ncc(Oc3nn(C)cc3C(F)(F)F)cc21. The Balaban J connectivity index is 2.01. The molecule has 0 saturated heterocycles. The van der Waals surface area contributed by atoms with E-state index in [1.165, 1.54) is 20.0 Å². The van der Waals surface area contributed by atoms with Gasteiger partial charge in [0.25, 0.3) is 5.88 Å². The summed E-state index contributed by atoms with van der Waals surface area (Å²) in [4.78, 5) is 15.0. The van der Waals surface area contributed by atoms with E-state index in [-0.39, 0.29) is 16.9 Å². The molecule has 1 unspecified atom stereocenters. The number of aromatic nitrogens is 6. The highest BCUT2D eigenvalue weighted by molar-refractivity contribution is 5.77. The number of nitrogens with zero attached hydrogens (tertiary/aromatic N) is 6. The van der Waals surface area contributed by atoms with Crippen LogP contribution in [0.5, 0.6) is 11.6 Å². The lowest BCUT2D eigenvalue weighted by molar-refractivity contribution is -0.140. The van der Waals surface area contributed by atoms with Crippen LogP contribution < -0.4 is 4.74 Å². The van der Waals surface area contributed by atoms with Crippen LogP contribution in [-0.2, 0) is 18.0 Å². The van der Waals surface area contributed by atoms with Crippen molar-refractivity contribution in [2.75, 3.05) is 0 Å². The molecule has 0 fully saturated rings. The molecule has 0 aromatic carbocycles. The Kier molecular flexibility index (Phi) is 3.81. The minimum atomic E-state index is -4.64. The Morgan fingerprint density at radius 2 is 2.12 bits per heavy atom. The van der Waals surface area contributed by atoms with Crippen LogP contribution in [0.15, 0.2) is 18.5 Å². The third kappa shape index (κ3) is 3.09. The van der Waals surface area contributed by atoms with E-state index < -0.39 is 29.6 Å². The van der Waals surface area contributed by atoms with Crippen molar-refractivity contribution in [3.05, 3.63) is 24.0 Å². The quantitative estimate of drug-likeness (QED) is 0.762. The first-order valence-corrected chi connectivity index (χ1v) is 6.89. The van der Waals surface area contributed by atoms with E-state index in [0.29, 0.717) is 0 Å². The molecule has 3 heterocycles. The summed E-state index contributed by atoms with van der Waals surface area (Å²) in [6.07, 6.45) is -2.69. The van der Waals surface area contributed by atoms with Crippen molar-refractivity contribution in [1.29, 1.82) is 0 Å². The maximum Gasteiger partial charge on any atom is 0.423 e. The molecule has 3 rings (SSSR count). The number of aryl methyl sites for hydroxylation is 1. The molecule has 0 saturated carbocycles. The fourth-order valence-electron chi connectivity index (χ4n) is 2.11. The second kappa shape index (κ2) is 5.72. The molecular weight excluding hydrogens is 345 g/mol. The molecule has 25 heavy (non-hydrogen) atoms. The molecule has 132 valence electrons. The van der Waals surface area contributed by atoms with Crippen molar-refractivity contribution < 1.29 is 27.8 Å². The fourth-order valence-corrected chi connectivity index (χ4v) is 2.11. The van der Waals surface area contributed by atoms with Crippen LogP contribution in [0.3, 0.4) is 0 Å². The number of fused-ring (bicyclic) bond motifs is 1. The van der Waals surface area contributed by atoms with Crippen LogP contribution in [0.25, 0.3) is 11.2 Å². The zero-order valence-corrected chi connectivity index (χ0v) is 12.9. The molecule has 0 radical (unpaired) electrons. The average molecular weight is 356 g/mol. The van der Waals surface area contributed by atoms with E-state index in [4.69, 9.17) is 9.84 Å². The molecule has 0 amide bonds. The first-order chi connectivity index (χ1) is 11.7. The molecule has 1 atom stereocenters. The van der Waals surface area contributed by atoms with Gasteiger partial charge in [-0.05, 0) is 6.92 Å².